The van der Waals surface area contributed by atoms with E-state index in [1.807, 2.05) is 30.1 Å². The lowest BCUT2D eigenvalue weighted by molar-refractivity contribution is -0.139. The molecule has 3 fully saturated rings. The second-order valence-electron chi connectivity index (χ2n) is 7.80. The van der Waals surface area contributed by atoms with E-state index in [2.05, 4.69) is 9.88 Å². The summed E-state index contributed by atoms with van der Waals surface area (Å²) in [6, 6.07) is 5.90. The molecule has 2 heterocycles. The number of carbonyl (C=O) groups is 1. The maximum absolute atomic E-state index is 13.0. The fraction of sp³-hybridized carbons (Fsp3) is 0.684. The van der Waals surface area contributed by atoms with Crippen molar-refractivity contribution in [3.8, 4) is 0 Å². The summed E-state index contributed by atoms with van der Waals surface area (Å²) in [7, 11) is 1.94. The molecule has 3 aliphatic rings. The molecule has 2 bridgehead atoms. The SMILES string of the molecule is CN(Cc1ccccn1)C(=O)C1[C@H]2CC[C@H]1CN(CC1CC1)C2. The van der Waals surface area contributed by atoms with Crippen molar-refractivity contribution in [2.75, 3.05) is 26.7 Å². The Morgan fingerprint density at radius 1 is 1.22 bits per heavy atom. The molecule has 0 unspecified atom stereocenters. The molecule has 1 saturated heterocycles. The van der Waals surface area contributed by atoms with E-state index in [1.165, 1.54) is 32.2 Å². The van der Waals surface area contributed by atoms with Gasteiger partial charge in [-0.05, 0) is 55.6 Å². The Bertz CT molecular complexity index is 543. The molecule has 0 radical (unpaired) electrons. The number of carbonyl (C=O) groups excluding carboxylic acids is 1. The van der Waals surface area contributed by atoms with Gasteiger partial charge >= 0.3 is 0 Å². The van der Waals surface area contributed by atoms with E-state index in [-0.39, 0.29) is 5.92 Å². The van der Waals surface area contributed by atoms with Crippen LogP contribution in [0.5, 0.6) is 0 Å². The Balaban J connectivity index is 1.38. The molecule has 23 heavy (non-hydrogen) atoms. The van der Waals surface area contributed by atoms with Crippen molar-refractivity contribution < 1.29 is 4.79 Å². The molecular weight excluding hydrogens is 286 g/mol. The summed E-state index contributed by atoms with van der Waals surface area (Å²) in [4.78, 5) is 21.9. The minimum Gasteiger partial charge on any atom is -0.340 e. The zero-order chi connectivity index (χ0) is 15.8. The first kappa shape index (κ1) is 15.1. The summed E-state index contributed by atoms with van der Waals surface area (Å²) in [6.07, 6.45) is 7.11. The Kier molecular flexibility index (Phi) is 4.10. The monoisotopic (exact) mass is 313 g/mol. The fourth-order valence-corrected chi connectivity index (χ4v) is 4.60. The molecule has 1 aromatic heterocycles. The summed E-state index contributed by atoms with van der Waals surface area (Å²) in [5, 5.41) is 0. The Morgan fingerprint density at radius 3 is 2.57 bits per heavy atom. The average molecular weight is 313 g/mol. The summed E-state index contributed by atoms with van der Waals surface area (Å²) in [5.41, 5.74) is 0.974. The van der Waals surface area contributed by atoms with Crippen LogP contribution in [-0.4, -0.2) is 47.4 Å². The summed E-state index contributed by atoms with van der Waals surface area (Å²) in [6.45, 7) is 4.18. The maximum Gasteiger partial charge on any atom is 0.226 e. The van der Waals surface area contributed by atoms with E-state index in [1.54, 1.807) is 6.20 Å². The zero-order valence-electron chi connectivity index (χ0n) is 14.0. The third-order valence-electron chi connectivity index (χ3n) is 5.91. The van der Waals surface area contributed by atoms with Crippen LogP contribution >= 0.6 is 0 Å². The van der Waals surface area contributed by atoms with E-state index in [0.717, 1.165) is 24.7 Å². The second kappa shape index (κ2) is 6.23. The number of rotatable bonds is 5. The lowest BCUT2D eigenvalue weighted by Gasteiger charge is -2.38. The van der Waals surface area contributed by atoms with Gasteiger partial charge in [-0.25, -0.2) is 0 Å². The van der Waals surface area contributed by atoms with E-state index >= 15 is 0 Å². The largest absolute Gasteiger partial charge is 0.340 e. The molecule has 4 heteroatoms. The lowest BCUT2D eigenvalue weighted by Crippen LogP contribution is -2.48. The van der Waals surface area contributed by atoms with Gasteiger partial charge in [0.25, 0.3) is 0 Å². The molecule has 1 amide bonds. The van der Waals surface area contributed by atoms with E-state index in [9.17, 15) is 4.79 Å². The number of aromatic nitrogens is 1. The van der Waals surface area contributed by atoms with Crippen LogP contribution in [0.2, 0.25) is 0 Å². The third-order valence-corrected chi connectivity index (χ3v) is 5.91. The van der Waals surface area contributed by atoms with Gasteiger partial charge in [0.1, 0.15) is 0 Å². The normalized spacial score (nSPS) is 30.4. The van der Waals surface area contributed by atoms with Crippen molar-refractivity contribution in [1.82, 2.24) is 14.8 Å². The molecule has 1 aromatic rings. The van der Waals surface area contributed by atoms with Crippen molar-refractivity contribution in [1.29, 1.82) is 0 Å². The molecule has 2 saturated carbocycles. The highest BCUT2D eigenvalue weighted by Gasteiger charge is 2.47. The van der Waals surface area contributed by atoms with Gasteiger partial charge in [-0.15, -0.1) is 0 Å². The lowest BCUT2D eigenvalue weighted by atomic mass is 9.84. The van der Waals surface area contributed by atoms with Gasteiger partial charge in [-0.2, -0.15) is 0 Å². The first-order valence-electron chi connectivity index (χ1n) is 9.08. The number of nitrogens with zero attached hydrogens (tertiary/aromatic N) is 3. The van der Waals surface area contributed by atoms with Gasteiger partial charge < -0.3 is 9.80 Å². The Hall–Kier alpha value is -1.42. The van der Waals surface area contributed by atoms with Crippen LogP contribution < -0.4 is 0 Å². The van der Waals surface area contributed by atoms with Crippen LogP contribution in [0.4, 0.5) is 0 Å². The average Bonchev–Trinajstić information content (AvgIpc) is 3.32. The Labute approximate surface area is 138 Å². The van der Waals surface area contributed by atoms with Crippen molar-refractivity contribution in [2.24, 2.45) is 23.7 Å². The van der Waals surface area contributed by atoms with Crippen LogP contribution in [0.1, 0.15) is 31.4 Å². The quantitative estimate of drug-likeness (QED) is 0.837. The topological polar surface area (TPSA) is 36.4 Å². The fourth-order valence-electron chi connectivity index (χ4n) is 4.60. The van der Waals surface area contributed by atoms with Crippen LogP contribution in [0.15, 0.2) is 24.4 Å². The van der Waals surface area contributed by atoms with Gasteiger partial charge in [0.05, 0.1) is 12.2 Å². The first-order valence-corrected chi connectivity index (χ1v) is 9.08. The van der Waals surface area contributed by atoms with E-state index in [0.29, 0.717) is 24.3 Å². The van der Waals surface area contributed by atoms with E-state index < -0.39 is 0 Å². The predicted molar refractivity (Wildman–Crippen MR) is 89.6 cm³/mol. The number of pyridine rings is 1. The molecule has 0 aromatic carbocycles. The van der Waals surface area contributed by atoms with Crippen molar-refractivity contribution in [3.05, 3.63) is 30.1 Å². The smallest absolute Gasteiger partial charge is 0.226 e. The molecule has 2 atom stereocenters. The molecule has 0 spiro atoms. The number of likely N-dealkylation sites (tertiary alicyclic amines) is 1. The summed E-state index contributed by atoms with van der Waals surface area (Å²) >= 11 is 0. The van der Waals surface area contributed by atoms with Crippen molar-refractivity contribution in [3.63, 3.8) is 0 Å². The van der Waals surface area contributed by atoms with Gasteiger partial charge in [0.2, 0.25) is 5.91 Å². The number of amides is 1. The molecule has 0 N–H and O–H groups in total. The van der Waals surface area contributed by atoms with Crippen molar-refractivity contribution in [2.45, 2.75) is 32.2 Å². The summed E-state index contributed by atoms with van der Waals surface area (Å²) < 4.78 is 0. The standard InChI is InChI=1S/C19H27N3O/c1-21(13-17-4-2-3-9-20-17)19(23)18-15-7-8-16(18)12-22(11-15)10-14-5-6-14/h2-4,9,14-16,18H,5-8,10-13H2,1H3/t15-,16-/m0/s1. The van der Waals surface area contributed by atoms with Crippen LogP contribution in [0.3, 0.4) is 0 Å². The minimum absolute atomic E-state index is 0.249. The van der Waals surface area contributed by atoms with Gasteiger partial charge in [-0.1, -0.05) is 6.07 Å². The van der Waals surface area contributed by atoms with Crippen LogP contribution in [-0.2, 0) is 11.3 Å². The molecule has 4 rings (SSSR count). The van der Waals surface area contributed by atoms with Crippen molar-refractivity contribution >= 4 is 5.91 Å². The highest BCUT2D eigenvalue weighted by atomic mass is 16.2. The van der Waals surface area contributed by atoms with Gasteiger partial charge in [0, 0.05) is 38.8 Å². The molecule has 2 aliphatic carbocycles. The molecule has 1 aliphatic heterocycles. The predicted octanol–water partition coefficient (Wildman–Crippen LogP) is 2.41. The molecular formula is C19H27N3O. The second-order valence-corrected chi connectivity index (χ2v) is 7.80. The minimum atomic E-state index is 0.249. The number of hydrogen-bond acceptors (Lipinski definition) is 3. The van der Waals surface area contributed by atoms with Crippen LogP contribution in [0.25, 0.3) is 0 Å². The Morgan fingerprint density at radius 2 is 1.96 bits per heavy atom. The maximum atomic E-state index is 13.0. The highest BCUT2D eigenvalue weighted by Crippen LogP contribution is 2.44. The number of fused-ring (bicyclic) bond motifs is 2. The third kappa shape index (κ3) is 3.27. The van der Waals surface area contributed by atoms with Crippen LogP contribution in [0, 0.1) is 23.7 Å². The van der Waals surface area contributed by atoms with Gasteiger partial charge in [0.15, 0.2) is 0 Å². The molecule has 4 nitrogen and oxygen atoms in total. The van der Waals surface area contributed by atoms with Gasteiger partial charge in [-0.3, -0.25) is 9.78 Å². The molecule has 124 valence electrons. The number of hydrogen-bond donors (Lipinski definition) is 0. The summed E-state index contributed by atoms with van der Waals surface area (Å²) in [5.74, 6) is 2.69. The highest BCUT2D eigenvalue weighted by molar-refractivity contribution is 5.79. The van der Waals surface area contributed by atoms with E-state index in [4.69, 9.17) is 0 Å². The zero-order valence-corrected chi connectivity index (χ0v) is 14.0. The first-order chi connectivity index (χ1) is 11.2. The number of piperidine rings is 1.